The molecule has 0 aliphatic heterocycles. The predicted molar refractivity (Wildman–Crippen MR) is 107 cm³/mol. The standard InChI is InChI=1S/C20H22ClN5O/c1-14-4-6-16(7-5-14)15(2)25(3)11-20(27)24-18-10-17(21)8-9-19(18)26-13-22-12-23-26/h4-10,12-13,15H,11H2,1-3H3,(H,24,27). The molecule has 0 aliphatic carbocycles. The Labute approximate surface area is 163 Å². The fraction of sp³-hybridized carbons (Fsp3) is 0.250. The van der Waals surface area contributed by atoms with E-state index in [9.17, 15) is 4.79 Å². The van der Waals surface area contributed by atoms with Crippen LogP contribution in [0.25, 0.3) is 5.69 Å². The number of aryl methyl sites for hydroxylation is 1. The quantitative estimate of drug-likeness (QED) is 0.702. The molecule has 3 aromatic rings. The van der Waals surface area contributed by atoms with Crippen molar-refractivity contribution in [3.8, 4) is 5.69 Å². The van der Waals surface area contributed by atoms with E-state index in [0.29, 0.717) is 16.4 Å². The maximum Gasteiger partial charge on any atom is 0.238 e. The van der Waals surface area contributed by atoms with Crippen molar-refractivity contribution in [2.24, 2.45) is 0 Å². The van der Waals surface area contributed by atoms with E-state index >= 15 is 0 Å². The Hall–Kier alpha value is -2.70. The molecule has 1 heterocycles. The molecule has 0 aliphatic rings. The van der Waals surface area contributed by atoms with Crippen molar-refractivity contribution in [2.45, 2.75) is 19.9 Å². The zero-order chi connectivity index (χ0) is 19.4. The number of likely N-dealkylation sites (N-methyl/N-ethyl adjacent to an activating group) is 1. The molecule has 0 fully saturated rings. The highest BCUT2D eigenvalue weighted by Gasteiger charge is 2.16. The molecule has 1 amide bonds. The zero-order valence-electron chi connectivity index (χ0n) is 15.6. The van der Waals surface area contributed by atoms with Gasteiger partial charge in [0.2, 0.25) is 5.91 Å². The Bertz CT molecular complexity index is 909. The molecule has 3 rings (SSSR count). The van der Waals surface area contributed by atoms with Crippen LogP contribution in [0.4, 0.5) is 5.69 Å². The number of halogens is 1. The Kier molecular flexibility index (Phi) is 5.88. The number of nitrogens with zero attached hydrogens (tertiary/aromatic N) is 4. The minimum Gasteiger partial charge on any atom is -0.323 e. The van der Waals surface area contributed by atoms with E-state index in [-0.39, 0.29) is 18.5 Å². The summed E-state index contributed by atoms with van der Waals surface area (Å²) in [6, 6.07) is 13.7. The van der Waals surface area contributed by atoms with E-state index in [2.05, 4.69) is 53.5 Å². The van der Waals surface area contributed by atoms with Gasteiger partial charge in [-0.05, 0) is 44.7 Å². The molecular formula is C20H22ClN5O. The summed E-state index contributed by atoms with van der Waals surface area (Å²) in [4.78, 5) is 18.6. The first-order chi connectivity index (χ1) is 12.9. The Balaban J connectivity index is 1.70. The number of nitrogens with one attached hydrogen (secondary N) is 1. The largest absolute Gasteiger partial charge is 0.323 e. The molecule has 1 N–H and O–H groups in total. The minimum absolute atomic E-state index is 0.116. The zero-order valence-corrected chi connectivity index (χ0v) is 16.3. The summed E-state index contributed by atoms with van der Waals surface area (Å²) >= 11 is 6.10. The van der Waals surface area contributed by atoms with Gasteiger partial charge >= 0.3 is 0 Å². The van der Waals surface area contributed by atoms with Crippen molar-refractivity contribution in [2.75, 3.05) is 18.9 Å². The lowest BCUT2D eigenvalue weighted by Gasteiger charge is -2.25. The number of hydrogen-bond donors (Lipinski definition) is 1. The maximum atomic E-state index is 12.6. The second-order valence-electron chi connectivity index (χ2n) is 6.55. The third-order valence-corrected chi connectivity index (χ3v) is 4.75. The number of amides is 1. The molecule has 0 radical (unpaired) electrons. The average Bonchev–Trinajstić information content (AvgIpc) is 3.16. The first-order valence-corrected chi connectivity index (χ1v) is 9.03. The van der Waals surface area contributed by atoms with Gasteiger partial charge in [-0.15, -0.1) is 0 Å². The van der Waals surface area contributed by atoms with Crippen molar-refractivity contribution >= 4 is 23.2 Å². The Morgan fingerprint density at radius 2 is 2.00 bits per heavy atom. The number of benzene rings is 2. The van der Waals surface area contributed by atoms with Crippen molar-refractivity contribution in [3.05, 3.63) is 71.3 Å². The van der Waals surface area contributed by atoms with Gasteiger partial charge in [0.25, 0.3) is 0 Å². The minimum atomic E-state index is -0.125. The van der Waals surface area contributed by atoms with E-state index in [1.807, 2.05) is 11.9 Å². The highest BCUT2D eigenvalue weighted by atomic mass is 35.5. The van der Waals surface area contributed by atoms with E-state index in [1.54, 1.807) is 29.2 Å². The van der Waals surface area contributed by atoms with Crippen LogP contribution in [0.5, 0.6) is 0 Å². The van der Waals surface area contributed by atoms with Gasteiger partial charge in [-0.3, -0.25) is 9.69 Å². The van der Waals surface area contributed by atoms with Crippen molar-refractivity contribution in [1.29, 1.82) is 0 Å². The lowest BCUT2D eigenvalue weighted by atomic mass is 10.1. The summed E-state index contributed by atoms with van der Waals surface area (Å²) in [7, 11) is 1.93. The summed E-state index contributed by atoms with van der Waals surface area (Å²) in [5.41, 5.74) is 3.68. The van der Waals surface area contributed by atoms with Crippen molar-refractivity contribution < 1.29 is 4.79 Å². The van der Waals surface area contributed by atoms with Crippen LogP contribution in [-0.4, -0.2) is 39.2 Å². The second-order valence-corrected chi connectivity index (χ2v) is 6.99. The van der Waals surface area contributed by atoms with Crippen LogP contribution in [0.1, 0.15) is 24.1 Å². The molecule has 6 nitrogen and oxygen atoms in total. The van der Waals surface area contributed by atoms with Crippen LogP contribution in [0.2, 0.25) is 5.02 Å². The highest BCUT2D eigenvalue weighted by Crippen LogP contribution is 2.24. The van der Waals surface area contributed by atoms with Crippen molar-refractivity contribution in [1.82, 2.24) is 19.7 Å². The fourth-order valence-corrected chi connectivity index (χ4v) is 2.97. The average molecular weight is 384 g/mol. The van der Waals surface area contributed by atoms with Crippen LogP contribution in [-0.2, 0) is 4.79 Å². The molecule has 0 saturated carbocycles. The summed E-state index contributed by atoms with van der Waals surface area (Å²) < 4.78 is 1.59. The van der Waals surface area contributed by atoms with E-state index < -0.39 is 0 Å². The van der Waals surface area contributed by atoms with Gasteiger partial charge in [0, 0.05) is 11.1 Å². The van der Waals surface area contributed by atoms with E-state index in [4.69, 9.17) is 11.6 Å². The SMILES string of the molecule is Cc1ccc(C(C)N(C)CC(=O)Nc2cc(Cl)ccc2-n2cncn2)cc1. The molecule has 1 unspecified atom stereocenters. The topological polar surface area (TPSA) is 63.1 Å². The molecule has 1 aromatic heterocycles. The molecule has 27 heavy (non-hydrogen) atoms. The lowest BCUT2D eigenvalue weighted by molar-refractivity contribution is -0.117. The van der Waals surface area contributed by atoms with Crippen LogP contribution in [0.3, 0.4) is 0 Å². The Morgan fingerprint density at radius 3 is 2.67 bits per heavy atom. The van der Waals surface area contributed by atoms with Crippen LogP contribution >= 0.6 is 11.6 Å². The molecule has 0 saturated heterocycles. The molecule has 1 atom stereocenters. The second kappa shape index (κ2) is 8.33. The number of carbonyl (C=O) groups excluding carboxylic acids is 1. The van der Waals surface area contributed by atoms with Crippen LogP contribution in [0.15, 0.2) is 55.1 Å². The number of aromatic nitrogens is 3. The fourth-order valence-electron chi connectivity index (χ4n) is 2.79. The number of anilines is 1. The maximum absolute atomic E-state index is 12.6. The van der Waals surface area contributed by atoms with Gasteiger partial charge in [-0.25, -0.2) is 9.67 Å². The summed E-state index contributed by atoms with van der Waals surface area (Å²) in [5, 5.41) is 7.59. The van der Waals surface area contributed by atoms with Gasteiger partial charge in [-0.2, -0.15) is 5.10 Å². The normalized spacial score (nSPS) is 12.2. The predicted octanol–water partition coefficient (Wildman–Crippen LogP) is 3.86. The van der Waals surface area contributed by atoms with Gasteiger partial charge in [0.15, 0.2) is 0 Å². The summed E-state index contributed by atoms with van der Waals surface area (Å²) in [6.45, 7) is 4.39. The van der Waals surface area contributed by atoms with Gasteiger partial charge in [0.1, 0.15) is 12.7 Å². The first kappa shape index (κ1) is 19.1. The van der Waals surface area contributed by atoms with Crippen LogP contribution in [0, 0.1) is 6.92 Å². The molecule has 7 heteroatoms. The summed E-state index contributed by atoms with van der Waals surface area (Å²) in [6.07, 6.45) is 3.02. The number of hydrogen-bond acceptors (Lipinski definition) is 4. The van der Waals surface area contributed by atoms with Gasteiger partial charge in [-0.1, -0.05) is 41.4 Å². The summed E-state index contributed by atoms with van der Waals surface area (Å²) in [5.74, 6) is -0.125. The van der Waals surface area contributed by atoms with E-state index in [0.717, 1.165) is 0 Å². The monoisotopic (exact) mass is 383 g/mol. The Morgan fingerprint density at radius 1 is 1.26 bits per heavy atom. The third-order valence-electron chi connectivity index (χ3n) is 4.51. The smallest absolute Gasteiger partial charge is 0.238 e. The van der Waals surface area contributed by atoms with Gasteiger partial charge in [0.05, 0.1) is 17.9 Å². The lowest BCUT2D eigenvalue weighted by Crippen LogP contribution is -2.32. The highest BCUT2D eigenvalue weighted by molar-refractivity contribution is 6.31. The first-order valence-electron chi connectivity index (χ1n) is 8.65. The molecule has 0 bridgehead atoms. The molecule has 2 aromatic carbocycles. The van der Waals surface area contributed by atoms with Crippen molar-refractivity contribution in [3.63, 3.8) is 0 Å². The molecule has 0 spiro atoms. The molecular weight excluding hydrogens is 362 g/mol. The number of carbonyl (C=O) groups is 1. The number of rotatable bonds is 6. The van der Waals surface area contributed by atoms with Crippen LogP contribution < -0.4 is 5.32 Å². The third kappa shape index (κ3) is 4.72. The van der Waals surface area contributed by atoms with E-state index in [1.165, 1.54) is 17.5 Å². The molecule has 140 valence electrons. The van der Waals surface area contributed by atoms with Gasteiger partial charge < -0.3 is 5.32 Å².